The van der Waals surface area contributed by atoms with E-state index in [-0.39, 0.29) is 18.4 Å². The first-order valence-corrected chi connectivity index (χ1v) is 12.4. The Labute approximate surface area is 209 Å². The molecule has 3 rings (SSSR count). The van der Waals surface area contributed by atoms with E-state index in [4.69, 9.17) is 4.74 Å². The van der Waals surface area contributed by atoms with Crippen molar-refractivity contribution in [2.24, 2.45) is 0 Å². The summed E-state index contributed by atoms with van der Waals surface area (Å²) in [6.45, 7) is 6.90. The number of carbonyl (C=O) groups is 2. The Bertz CT molecular complexity index is 1080. The maximum atomic E-state index is 13.6. The molecule has 0 spiro atoms. The normalized spacial score (nSPS) is 11.5. The molecule has 1 unspecified atom stereocenters. The highest BCUT2D eigenvalue weighted by Crippen LogP contribution is 2.18. The quantitative estimate of drug-likeness (QED) is 0.399. The zero-order valence-electron chi connectivity index (χ0n) is 21.0. The summed E-state index contributed by atoms with van der Waals surface area (Å²) >= 11 is 0. The molecule has 0 aliphatic rings. The lowest BCUT2D eigenvalue weighted by molar-refractivity contribution is -0.142. The summed E-state index contributed by atoms with van der Waals surface area (Å²) in [5.41, 5.74) is 4.30. The van der Waals surface area contributed by atoms with Crippen molar-refractivity contribution in [2.75, 3.05) is 13.2 Å². The van der Waals surface area contributed by atoms with Gasteiger partial charge in [-0.3, -0.25) is 9.59 Å². The summed E-state index contributed by atoms with van der Waals surface area (Å²) in [5, 5.41) is 3.00. The van der Waals surface area contributed by atoms with Crippen molar-refractivity contribution in [2.45, 2.75) is 52.6 Å². The molecular weight excluding hydrogens is 436 g/mol. The fraction of sp³-hybridized carbons (Fsp3) is 0.333. The zero-order chi connectivity index (χ0) is 25.0. The highest BCUT2D eigenvalue weighted by atomic mass is 16.5. The molecule has 5 heteroatoms. The number of ether oxygens (including phenoxy) is 1. The number of hydrogen-bond acceptors (Lipinski definition) is 3. The molecule has 0 fully saturated rings. The summed E-state index contributed by atoms with van der Waals surface area (Å²) < 4.78 is 5.85. The Kier molecular flexibility index (Phi) is 9.91. The van der Waals surface area contributed by atoms with Crippen molar-refractivity contribution in [3.05, 3.63) is 101 Å². The number of rotatable bonds is 12. The monoisotopic (exact) mass is 472 g/mol. The minimum atomic E-state index is -0.651. The van der Waals surface area contributed by atoms with Gasteiger partial charge in [-0.25, -0.2) is 0 Å². The van der Waals surface area contributed by atoms with Gasteiger partial charge in [-0.1, -0.05) is 80.6 Å². The van der Waals surface area contributed by atoms with Gasteiger partial charge >= 0.3 is 0 Å². The molecule has 0 bridgehead atoms. The Morgan fingerprint density at radius 1 is 0.886 bits per heavy atom. The third kappa shape index (κ3) is 7.71. The fourth-order valence-corrected chi connectivity index (χ4v) is 3.94. The number of hydrogen-bond donors (Lipinski definition) is 1. The van der Waals surface area contributed by atoms with Crippen LogP contribution in [0.5, 0.6) is 5.75 Å². The molecule has 3 aromatic rings. The van der Waals surface area contributed by atoms with E-state index < -0.39 is 6.04 Å². The summed E-state index contributed by atoms with van der Waals surface area (Å²) in [7, 11) is 0. The Morgan fingerprint density at radius 2 is 1.57 bits per heavy atom. The topological polar surface area (TPSA) is 58.6 Å². The Balaban J connectivity index is 1.88. The van der Waals surface area contributed by atoms with Gasteiger partial charge in [0.25, 0.3) is 5.91 Å². The molecule has 35 heavy (non-hydrogen) atoms. The number of aryl methyl sites for hydroxylation is 2. The van der Waals surface area contributed by atoms with Crippen LogP contribution in [0.25, 0.3) is 0 Å². The SMILES string of the molecule is CCCNC(=O)C(Cc1ccccc1)N(Cc1ccccc1C)C(=O)COc1ccc(CC)cc1. The lowest BCUT2D eigenvalue weighted by Crippen LogP contribution is -2.51. The minimum absolute atomic E-state index is 0.135. The number of benzene rings is 3. The average molecular weight is 473 g/mol. The molecule has 184 valence electrons. The van der Waals surface area contributed by atoms with Crippen LogP contribution in [0.15, 0.2) is 78.9 Å². The van der Waals surface area contributed by atoms with Gasteiger partial charge < -0.3 is 15.0 Å². The fourth-order valence-electron chi connectivity index (χ4n) is 3.94. The largest absolute Gasteiger partial charge is 0.484 e. The Hall–Kier alpha value is -3.60. The second-order valence-corrected chi connectivity index (χ2v) is 8.73. The number of carbonyl (C=O) groups excluding carboxylic acids is 2. The second kappa shape index (κ2) is 13.3. The first-order chi connectivity index (χ1) is 17.0. The van der Waals surface area contributed by atoms with E-state index >= 15 is 0 Å². The Morgan fingerprint density at radius 3 is 2.23 bits per heavy atom. The van der Waals surface area contributed by atoms with E-state index in [1.165, 1.54) is 5.56 Å². The molecule has 0 aliphatic heterocycles. The predicted molar refractivity (Wildman–Crippen MR) is 140 cm³/mol. The number of nitrogens with one attached hydrogen (secondary N) is 1. The van der Waals surface area contributed by atoms with Crippen molar-refractivity contribution in [1.82, 2.24) is 10.2 Å². The predicted octanol–water partition coefficient (Wildman–Crippen LogP) is 5.10. The van der Waals surface area contributed by atoms with Crippen molar-refractivity contribution >= 4 is 11.8 Å². The summed E-state index contributed by atoms with van der Waals surface area (Å²) in [4.78, 5) is 28.6. The van der Waals surface area contributed by atoms with Crippen LogP contribution >= 0.6 is 0 Å². The van der Waals surface area contributed by atoms with Crippen molar-refractivity contribution in [3.63, 3.8) is 0 Å². The van der Waals surface area contributed by atoms with Crippen LogP contribution in [0.1, 0.15) is 42.5 Å². The van der Waals surface area contributed by atoms with E-state index in [2.05, 4.69) is 12.2 Å². The number of nitrogens with zero attached hydrogens (tertiary/aromatic N) is 1. The van der Waals surface area contributed by atoms with E-state index in [9.17, 15) is 9.59 Å². The highest BCUT2D eigenvalue weighted by molar-refractivity contribution is 5.88. The second-order valence-electron chi connectivity index (χ2n) is 8.73. The maximum Gasteiger partial charge on any atom is 0.261 e. The van der Waals surface area contributed by atoms with Gasteiger partial charge in [0.2, 0.25) is 5.91 Å². The smallest absolute Gasteiger partial charge is 0.261 e. The van der Waals surface area contributed by atoms with Gasteiger partial charge in [0, 0.05) is 19.5 Å². The maximum absolute atomic E-state index is 13.6. The minimum Gasteiger partial charge on any atom is -0.484 e. The third-order valence-electron chi connectivity index (χ3n) is 6.12. The van der Waals surface area contributed by atoms with E-state index in [0.29, 0.717) is 25.3 Å². The third-order valence-corrected chi connectivity index (χ3v) is 6.12. The van der Waals surface area contributed by atoms with Gasteiger partial charge in [0.1, 0.15) is 11.8 Å². The van der Waals surface area contributed by atoms with Crippen LogP contribution < -0.4 is 10.1 Å². The van der Waals surface area contributed by atoms with Crippen molar-refractivity contribution in [3.8, 4) is 5.75 Å². The van der Waals surface area contributed by atoms with Crippen LogP contribution in [0.3, 0.4) is 0 Å². The van der Waals surface area contributed by atoms with Crippen LogP contribution in [-0.4, -0.2) is 35.9 Å². The summed E-state index contributed by atoms with van der Waals surface area (Å²) in [5.74, 6) is 0.270. The van der Waals surface area contributed by atoms with E-state index in [1.54, 1.807) is 4.90 Å². The molecule has 0 heterocycles. The first-order valence-electron chi connectivity index (χ1n) is 12.4. The van der Waals surface area contributed by atoms with Crippen LogP contribution in [-0.2, 0) is 29.0 Å². The van der Waals surface area contributed by atoms with Crippen LogP contribution in [0.4, 0.5) is 0 Å². The molecule has 0 saturated heterocycles. The van der Waals surface area contributed by atoms with E-state index in [1.807, 2.05) is 92.7 Å². The molecule has 0 radical (unpaired) electrons. The first kappa shape index (κ1) is 26.0. The van der Waals surface area contributed by atoms with Crippen LogP contribution in [0, 0.1) is 6.92 Å². The molecule has 1 N–H and O–H groups in total. The molecule has 3 aromatic carbocycles. The lowest BCUT2D eigenvalue weighted by Gasteiger charge is -2.32. The van der Waals surface area contributed by atoms with Crippen molar-refractivity contribution < 1.29 is 14.3 Å². The van der Waals surface area contributed by atoms with Gasteiger partial charge in [-0.15, -0.1) is 0 Å². The standard InChI is InChI=1S/C30H36N2O3/c1-4-19-31-30(34)28(20-25-12-7-6-8-13-25)32(21-26-14-10-9-11-23(26)3)29(33)22-35-27-17-15-24(5-2)16-18-27/h6-18,28H,4-5,19-22H2,1-3H3,(H,31,34). The lowest BCUT2D eigenvalue weighted by atomic mass is 10.0. The highest BCUT2D eigenvalue weighted by Gasteiger charge is 2.30. The van der Waals surface area contributed by atoms with Gasteiger partial charge in [-0.05, 0) is 54.2 Å². The average Bonchev–Trinajstić information content (AvgIpc) is 2.89. The molecule has 5 nitrogen and oxygen atoms in total. The molecular formula is C30H36N2O3. The van der Waals surface area contributed by atoms with Gasteiger partial charge in [-0.2, -0.15) is 0 Å². The van der Waals surface area contributed by atoms with Crippen molar-refractivity contribution in [1.29, 1.82) is 0 Å². The molecule has 0 saturated carbocycles. The molecule has 1 atom stereocenters. The zero-order valence-corrected chi connectivity index (χ0v) is 21.0. The summed E-state index contributed by atoms with van der Waals surface area (Å²) in [6.07, 6.45) is 2.20. The molecule has 0 aliphatic carbocycles. The molecule has 0 aromatic heterocycles. The van der Waals surface area contributed by atoms with Gasteiger partial charge in [0.15, 0.2) is 6.61 Å². The van der Waals surface area contributed by atoms with Crippen LogP contribution in [0.2, 0.25) is 0 Å². The summed E-state index contributed by atoms with van der Waals surface area (Å²) in [6, 6.07) is 24.9. The number of amides is 2. The molecule has 2 amide bonds. The van der Waals surface area contributed by atoms with Gasteiger partial charge in [0.05, 0.1) is 0 Å². The van der Waals surface area contributed by atoms with E-state index in [0.717, 1.165) is 29.5 Å².